The van der Waals surface area contributed by atoms with Gasteiger partial charge in [0.2, 0.25) is 0 Å². The molecule has 1 nitrogen and oxygen atoms in total. The molecule has 0 aromatic heterocycles. The van der Waals surface area contributed by atoms with Crippen LogP contribution in [-0.4, -0.2) is 0 Å². The maximum absolute atomic E-state index is 5.98. The zero-order chi connectivity index (χ0) is 18.0. The summed E-state index contributed by atoms with van der Waals surface area (Å²) in [5.74, 6) is 0. The largest absolute Gasteiger partial charge is 0.399 e. The Labute approximate surface area is 157 Å². The van der Waals surface area contributed by atoms with E-state index in [9.17, 15) is 0 Å². The van der Waals surface area contributed by atoms with Crippen molar-refractivity contribution in [3.05, 3.63) is 42.0 Å². The molecule has 0 fully saturated rings. The van der Waals surface area contributed by atoms with Crippen molar-refractivity contribution >= 4 is 5.69 Å². The first-order chi connectivity index (χ1) is 12.3. The van der Waals surface area contributed by atoms with Crippen molar-refractivity contribution in [2.75, 3.05) is 5.73 Å². The van der Waals surface area contributed by atoms with Crippen molar-refractivity contribution in [2.24, 2.45) is 0 Å². The maximum atomic E-state index is 5.98. The van der Waals surface area contributed by atoms with Crippen LogP contribution in [0, 0.1) is 0 Å². The summed E-state index contributed by atoms with van der Waals surface area (Å²) in [6, 6.07) is 8.27. The SMILES string of the molecule is CCCCCCCC/C=C\CCCCCCCCc1ccccc1N. The Bertz CT molecular complexity index is 435. The Balaban J connectivity index is 1.81. The Morgan fingerprint density at radius 2 is 1.20 bits per heavy atom. The lowest BCUT2D eigenvalue weighted by Gasteiger charge is -2.05. The van der Waals surface area contributed by atoms with Gasteiger partial charge in [0.1, 0.15) is 0 Å². The fourth-order valence-corrected chi connectivity index (χ4v) is 3.32. The zero-order valence-electron chi connectivity index (χ0n) is 16.6. The molecule has 1 heteroatoms. The van der Waals surface area contributed by atoms with Gasteiger partial charge < -0.3 is 5.73 Å². The van der Waals surface area contributed by atoms with Crippen molar-refractivity contribution in [2.45, 2.75) is 103 Å². The summed E-state index contributed by atoms with van der Waals surface area (Å²) >= 11 is 0. The molecule has 0 heterocycles. The minimum atomic E-state index is 0.954. The summed E-state index contributed by atoms with van der Waals surface area (Å²) in [7, 11) is 0. The number of hydrogen-bond donors (Lipinski definition) is 1. The van der Waals surface area contributed by atoms with Crippen LogP contribution in [-0.2, 0) is 6.42 Å². The molecule has 0 radical (unpaired) electrons. The molecule has 142 valence electrons. The second-order valence-electron chi connectivity index (χ2n) is 7.39. The predicted molar refractivity (Wildman–Crippen MR) is 114 cm³/mol. The molecule has 0 saturated heterocycles. The fourth-order valence-electron chi connectivity index (χ4n) is 3.32. The molecule has 0 aliphatic heterocycles. The average molecular weight is 344 g/mol. The first-order valence-electron chi connectivity index (χ1n) is 10.8. The second-order valence-corrected chi connectivity index (χ2v) is 7.39. The van der Waals surface area contributed by atoms with Gasteiger partial charge in [0, 0.05) is 5.69 Å². The van der Waals surface area contributed by atoms with Crippen molar-refractivity contribution in [3.8, 4) is 0 Å². The summed E-state index contributed by atoms with van der Waals surface area (Å²) in [5.41, 5.74) is 8.25. The van der Waals surface area contributed by atoms with Gasteiger partial charge in [0.05, 0.1) is 0 Å². The normalized spacial score (nSPS) is 11.4. The summed E-state index contributed by atoms with van der Waals surface area (Å²) < 4.78 is 0. The second kappa shape index (κ2) is 16.2. The van der Waals surface area contributed by atoms with Gasteiger partial charge >= 0.3 is 0 Å². The Kier molecular flexibility index (Phi) is 14.2. The lowest BCUT2D eigenvalue weighted by Crippen LogP contribution is -1.93. The maximum Gasteiger partial charge on any atom is 0.0346 e. The molecule has 0 aliphatic carbocycles. The zero-order valence-corrected chi connectivity index (χ0v) is 16.6. The van der Waals surface area contributed by atoms with Crippen molar-refractivity contribution in [1.82, 2.24) is 0 Å². The highest BCUT2D eigenvalue weighted by molar-refractivity contribution is 5.46. The third-order valence-corrected chi connectivity index (χ3v) is 5.01. The molecule has 1 rings (SSSR count). The number of rotatable bonds is 16. The van der Waals surface area contributed by atoms with Gasteiger partial charge in [-0.15, -0.1) is 0 Å². The van der Waals surface area contributed by atoms with Crippen LogP contribution in [0.2, 0.25) is 0 Å². The lowest BCUT2D eigenvalue weighted by atomic mass is 10.0. The number of nitrogens with two attached hydrogens (primary N) is 1. The third-order valence-electron chi connectivity index (χ3n) is 5.01. The van der Waals surface area contributed by atoms with E-state index in [4.69, 9.17) is 5.73 Å². The van der Waals surface area contributed by atoms with Crippen LogP contribution in [0.25, 0.3) is 0 Å². The standard InChI is InChI=1S/C24H41N/c1-2-3-4-5-6-7-8-9-10-11-12-13-14-15-16-17-20-23-21-18-19-22-24(23)25/h9-10,18-19,21-22H,2-8,11-17,20,25H2,1H3/b10-9-. The van der Waals surface area contributed by atoms with Crippen LogP contribution < -0.4 is 5.73 Å². The fraction of sp³-hybridized carbons (Fsp3) is 0.667. The number of unbranched alkanes of at least 4 members (excludes halogenated alkanes) is 12. The minimum absolute atomic E-state index is 0.954. The van der Waals surface area contributed by atoms with Crippen molar-refractivity contribution in [3.63, 3.8) is 0 Å². The molecule has 0 spiro atoms. The number of allylic oxidation sites excluding steroid dienone is 2. The van der Waals surface area contributed by atoms with Crippen LogP contribution >= 0.6 is 0 Å². The summed E-state index contributed by atoms with van der Waals surface area (Å²) in [5, 5.41) is 0. The highest BCUT2D eigenvalue weighted by Crippen LogP contribution is 2.15. The van der Waals surface area contributed by atoms with Crippen molar-refractivity contribution < 1.29 is 0 Å². The van der Waals surface area contributed by atoms with Gasteiger partial charge in [0.25, 0.3) is 0 Å². The molecule has 0 aliphatic rings. The van der Waals surface area contributed by atoms with Gasteiger partial charge in [-0.05, 0) is 50.2 Å². The van der Waals surface area contributed by atoms with Crippen LogP contribution in [0.3, 0.4) is 0 Å². The highest BCUT2D eigenvalue weighted by atomic mass is 14.6. The molecule has 0 bridgehead atoms. The van der Waals surface area contributed by atoms with Gasteiger partial charge in [-0.1, -0.05) is 95.1 Å². The lowest BCUT2D eigenvalue weighted by molar-refractivity contribution is 0.596. The number of nitrogen functional groups attached to an aromatic ring is 1. The number of para-hydroxylation sites is 1. The summed E-state index contributed by atoms with van der Waals surface area (Å²) in [6.07, 6.45) is 25.0. The number of aryl methyl sites for hydroxylation is 1. The highest BCUT2D eigenvalue weighted by Gasteiger charge is 1.97. The third kappa shape index (κ3) is 12.7. The first-order valence-corrected chi connectivity index (χ1v) is 10.8. The topological polar surface area (TPSA) is 26.0 Å². The summed E-state index contributed by atoms with van der Waals surface area (Å²) in [6.45, 7) is 2.28. The van der Waals surface area contributed by atoms with E-state index >= 15 is 0 Å². The molecule has 0 unspecified atom stereocenters. The van der Waals surface area contributed by atoms with E-state index in [1.54, 1.807) is 0 Å². The molecular formula is C24H41N. The van der Waals surface area contributed by atoms with Gasteiger partial charge in [0.15, 0.2) is 0 Å². The summed E-state index contributed by atoms with van der Waals surface area (Å²) in [4.78, 5) is 0. The molecule has 1 aromatic rings. The molecule has 0 atom stereocenters. The average Bonchev–Trinajstić information content (AvgIpc) is 2.63. The van der Waals surface area contributed by atoms with Crippen LogP contribution in [0.15, 0.2) is 36.4 Å². The smallest absolute Gasteiger partial charge is 0.0346 e. The van der Waals surface area contributed by atoms with Crippen molar-refractivity contribution in [1.29, 1.82) is 0 Å². The van der Waals surface area contributed by atoms with E-state index in [2.05, 4.69) is 31.2 Å². The minimum Gasteiger partial charge on any atom is -0.399 e. The van der Waals surface area contributed by atoms with E-state index in [0.717, 1.165) is 12.1 Å². The first kappa shape index (κ1) is 21.8. The Morgan fingerprint density at radius 3 is 1.80 bits per heavy atom. The molecule has 0 saturated carbocycles. The van der Waals surface area contributed by atoms with Gasteiger partial charge in [-0.3, -0.25) is 0 Å². The molecule has 0 amide bonds. The molecule has 25 heavy (non-hydrogen) atoms. The van der Waals surface area contributed by atoms with E-state index < -0.39 is 0 Å². The van der Waals surface area contributed by atoms with Gasteiger partial charge in [-0.25, -0.2) is 0 Å². The van der Waals surface area contributed by atoms with E-state index in [1.807, 2.05) is 12.1 Å². The number of benzene rings is 1. The van der Waals surface area contributed by atoms with Crippen LogP contribution in [0.5, 0.6) is 0 Å². The number of anilines is 1. The van der Waals surface area contributed by atoms with Crippen LogP contribution in [0.1, 0.15) is 102 Å². The number of hydrogen-bond acceptors (Lipinski definition) is 1. The van der Waals surface area contributed by atoms with Crippen LogP contribution in [0.4, 0.5) is 5.69 Å². The molecule has 2 N–H and O–H groups in total. The quantitative estimate of drug-likeness (QED) is 0.184. The molecular weight excluding hydrogens is 302 g/mol. The van der Waals surface area contributed by atoms with E-state index in [0.29, 0.717) is 0 Å². The predicted octanol–water partition coefficient (Wildman–Crippen LogP) is 7.85. The molecule has 1 aromatic carbocycles. The Morgan fingerprint density at radius 1 is 0.680 bits per heavy atom. The Hall–Kier alpha value is -1.24. The van der Waals surface area contributed by atoms with Gasteiger partial charge in [-0.2, -0.15) is 0 Å². The van der Waals surface area contributed by atoms with E-state index in [1.165, 1.54) is 95.5 Å². The monoisotopic (exact) mass is 343 g/mol. The van der Waals surface area contributed by atoms with E-state index in [-0.39, 0.29) is 0 Å².